The molecule has 1 heterocycles. The lowest BCUT2D eigenvalue weighted by Crippen LogP contribution is -2.26. The summed E-state index contributed by atoms with van der Waals surface area (Å²) in [5.41, 5.74) is 7.93. The van der Waals surface area contributed by atoms with E-state index in [1.54, 1.807) is 6.92 Å². The summed E-state index contributed by atoms with van der Waals surface area (Å²) < 4.78 is 29.2. The third-order valence-corrected chi connectivity index (χ3v) is 7.09. The molecule has 0 spiro atoms. The third-order valence-electron chi connectivity index (χ3n) is 7.09. The molecule has 5 aromatic rings. The van der Waals surface area contributed by atoms with Gasteiger partial charge in [0, 0.05) is 28.7 Å². The van der Waals surface area contributed by atoms with Crippen molar-refractivity contribution >= 4 is 16.8 Å². The number of carbonyl (C=O) groups excluding carboxylic acids is 1. The molecule has 0 aliphatic heterocycles. The normalized spacial score (nSPS) is 12.0. The van der Waals surface area contributed by atoms with Gasteiger partial charge in [0.25, 0.3) is 5.91 Å². The van der Waals surface area contributed by atoms with Gasteiger partial charge in [-0.15, -0.1) is 0 Å². The Bertz CT molecular complexity index is 1590. The Morgan fingerprint density at radius 2 is 1.54 bits per heavy atom. The van der Waals surface area contributed by atoms with Gasteiger partial charge in [0.05, 0.1) is 6.04 Å². The van der Waals surface area contributed by atoms with Crippen molar-refractivity contribution in [2.24, 2.45) is 0 Å². The number of halogens is 2. The number of nitrogens with zero attached hydrogens (tertiary/aromatic N) is 1. The van der Waals surface area contributed by atoms with Gasteiger partial charge in [-0.05, 0) is 78.9 Å². The van der Waals surface area contributed by atoms with Crippen molar-refractivity contribution in [2.75, 3.05) is 0 Å². The summed E-state index contributed by atoms with van der Waals surface area (Å²) in [6.45, 7) is 6.64. The molecular weight excluding hydrogens is 466 g/mol. The fourth-order valence-electron chi connectivity index (χ4n) is 4.76. The smallest absolute Gasteiger partial charge is 0.251 e. The van der Waals surface area contributed by atoms with Crippen LogP contribution in [-0.4, -0.2) is 10.5 Å². The summed E-state index contributed by atoms with van der Waals surface area (Å²) in [4.78, 5) is 13.0. The van der Waals surface area contributed by atoms with Crippen LogP contribution in [0.15, 0.2) is 91.0 Å². The van der Waals surface area contributed by atoms with Gasteiger partial charge in [-0.2, -0.15) is 0 Å². The molecule has 0 radical (unpaired) electrons. The fourth-order valence-corrected chi connectivity index (χ4v) is 4.76. The molecule has 1 atom stereocenters. The molecule has 0 aliphatic carbocycles. The molecule has 3 nitrogen and oxygen atoms in total. The number of nitrogens with one attached hydrogen (secondary N) is 1. The number of aryl methyl sites for hydroxylation is 1. The molecule has 0 unspecified atom stereocenters. The molecule has 4 aromatic carbocycles. The molecule has 186 valence electrons. The quantitative estimate of drug-likeness (QED) is 0.257. The van der Waals surface area contributed by atoms with Gasteiger partial charge in [-0.1, -0.05) is 60.7 Å². The first-order chi connectivity index (χ1) is 17.8. The largest absolute Gasteiger partial charge is 0.346 e. The summed E-state index contributed by atoms with van der Waals surface area (Å²) in [5.74, 6) is -2.10. The lowest BCUT2D eigenvalue weighted by molar-refractivity contribution is 0.0940. The van der Waals surface area contributed by atoms with E-state index >= 15 is 0 Å². The van der Waals surface area contributed by atoms with Gasteiger partial charge < -0.3 is 9.88 Å². The number of amides is 1. The van der Waals surface area contributed by atoms with Crippen LogP contribution >= 0.6 is 0 Å². The van der Waals surface area contributed by atoms with Gasteiger partial charge in [0.15, 0.2) is 11.6 Å². The van der Waals surface area contributed by atoms with Crippen LogP contribution in [0, 0.1) is 25.5 Å². The topological polar surface area (TPSA) is 34.0 Å². The van der Waals surface area contributed by atoms with Crippen molar-refractivity contribution in [2.45, 2.75) is 33.4 Å². The number of benzene rings is 4. The van der Waals surface area contributed by atoms with E-state index in [1.807, 2.05) is 36.4 Å². The first-order valence-corrected chi connectivity index (χ1v) is 12.3. The highest BCUT2D eigenvalue weighted by molar-refractivity contribution is 5.99. The molecule has 0 saturated heterocycles. The number of fused-ring (bicyclic) bond motifs is 1. The second-order valence-electron chi connectivity index (χ2n) is 9.46. The lowest BCUT2D eigenvalue weighted by Gasteiger charge is -2.15. The Kier molecular flexibility index (Phi) is 6.62. The van der Waals surface area contributed by atoms with E-state index in [1.165, 1.54) is 22.8 Å². The minimum absolute atomic E-state index is 0.263. The fraction of sp³-hybridized carbons (Fsp3) is 0.156. The first-order valence-electron chi connectivity index (χ1n) is 12.3. The summed E-state index contributed by atoms with van der Waals surface area (Å²) in [6.07, 6.45) is 0. The highest BCUT2D eigenvalue weighted by Crippen LogP contribution is 2.28. The van der Waals surface area contributed by atoms with Crippen molar-refractivity contribution in [1.82, 2.24) is 9.88 Å². The predicted molar refractivity (Wildman–Crippen MR) is 145 cm³/mol. The molecule has 1 aromatic heterocycles. The molecule has 0 bridgehead atoms. The highest BCUT2D eigenvalue weighted by Gasteiger charge is 2.17. The minimum Gasteiger partial charge on any atom is -0.346 e. The lowest BCUT2D eigenvalue weighted by atomic mass is 10.0. The summed E-state index contributed by atoms with van der Waals surface area (Å²) in [5, 5.41) is 3.91. The van der Waals surface area contributed by atoms with E-state index in [0.29, 0.717) is 11.1 Å². The first kappa shape index (κ1) is 24.4. The molecular formula is C32H28F2N2O. The molecule has 0 aliphatic rings. The highest BCUT2D eigenvalue weighted by atomic mass is 19.2. The van der Waals surface area contributed by atoms with E-state index < -0.39 is 17.7 Å². The van der Waals surface area contributed by atoms with E-state index in [-0.39, 0.29) is 5.91 Å². The van der Waals surface area contributed by atoms with Gasteiger partial charge in [0.1, 0.15) is 0 Å². The zero-order valence-corrected chi connectivity index (χ0v) is 21.1. The second-order valence-corrected chi connectivity index (χ2v) is 9.46. The zero-order valence-electron chi connectivity index (χ0n) is 21.1. The van der Waals surface area contributed by atoms with Gasteiger partial charge in [0.2, 0.25) is 0 Å². The number of aromatic nitrogens is 1. The van der Waals surface area contributed by atoms with E-state index in [9.17, 15) is 13.6 Å². The molecule has 0 fully saturated rings. The van der Waals surface area contributed by atoms with E-state index in [2.05, 4.69) is 60.1 Å². The monoisotopic (exact) mass is 494 g/mol. The SMILES string of the molecule is Cc1c(C)n(Cc2ccc(-c3ccccc3)cc2)c2ccc(C(=O)N[C@@H](C)c3ccc(F)c(F)c3)cc12. The molecule has 0 saturated carbocycles. The van der Waals surface area contributed by atoms with Gasteiger partial charge >= 0.3 is 0 Å². The van der Waals surface area contributed by atoms with Crippen molar-refractivity contribution in [3.8, 4) is 11.1 Å². The van der Waals surface area contributed by atoms with Crippen LogP contribution in [0.2, 0.25) is 0 Å². The van der Waals surface area contributed by atoms with Crippen molar-refractivity contribution in [1.29, 1.82) is 0 Å². The van der Waals surface area contributed by atoms with Crippen LogP contribution < -0.4 is 5.32 Å². The average Bonchev–Trinajstić information content (AvgIpc) is 3.15. The third kappa shape index (κ3) is 4.90. The van der Waals surface area contributed by atoms with Crippen LogP contribution in [0.5, 0.6) is 0 Å². The minimum atomic E-state index is -0.929. The summed E-state index contributed by atoms with van der Waals surface area (Å²) in [6, 6.07) is 27.8. The molecule has 37 heavy (non-hydrogen) atoms. The van der Waals surface area contributed by atoms with E-state index in [0.717, 1.165) is 40.8 Å². The van der Waals surface area contributed by atoms with Crippen LogP contribution in [-0.2, 0) is 6.54 Å². The van der Waals surface area contributed by atoms with Crippen molar-refractivity contribution in [3.63, 3.8) is 0 Å². The maximum absolute atomic E-state index is 13.6. The van der Waals surface area contributed by atoms with Gasteiger partial charge in [-0.3, -0.25) is 4.79 Å². The van der Waals surface area contributed by atoms with Crippen molar-refractivity contribution < 1.29 is 13.6 Å². The Balaban J connectivity index is 1.37. The Labute approximate surface area is 215 Å². The summed E-state index contributed by atoms with van der Waals surface area (Å²) >= 11 is 0. The number of rotatable bonds is 6. The Morgan fingerprint density at radius 3 is 2.24 bits per heavy atom. The number of hydrogen-bond acceptors (Lipinski definition) is 1. The molecule has 1 amide bonds. The molecule has 1 N–H and O–H groups in total. The number of carbonyl (C=O) groups is 1. The van der Waals surface area contributed by atoms with Crippen LogP contribution in [0.3, 0.4) is 0 Å². The summed E-state index contributed by atoms with van der Waals surface area (Å²) in [7, 11) is 0. The Hall–Kier alpha value is -4.25. The Morgan fingerprint density at radius 1 is 0.838 bits per heavy atom. The predicted octanol–water partition coefficient (Wildman–Crippen LogP) is 7.74. The van der Waals surface area contributed by atoms with Crippen molar-refractivity contribution in [3.05, 3.63) is 131 Å². The zero-order chi connectivity index (χ0) is 26.1. The van der Waals surface area contributed by atoms with Crippen LogP contribution in [0.1, 0.15) is 45.7 Å². The maximum Gasteiger partial charge on any atom is 0.251 e. The standard InChI is InChI=1S/C32H28F2N2O/c1-20-22(3)36(19-23-9-11-25(12-10-23)24-7-5-4-6-8-24)31-16-14-27(17-28(20)31)32(37)35-21(2)26-13-15-29(33)30(34)18-26/h4-18,21H,19H2,1-3H3,(H,35,37)/t21-/m0/s1. The number of hydrogen-bond donors (Lipinski definition) is 1. The second kappa shape index (κ2) is 10.0. The maximum atomic E-state index is 13.6. The molecule has 5 heteroatoms. The molecule has 5 rings (SSSR count). The van der Waals surface area contributed by atoms with E-state index in [4.69, 9.17) is 0 Å². The van der Waals surface area contributed by atoms with Crippen LogP contribution in [0.4, 0.5) is 8.78 Å². The van der Waals surface area contributed by atoms with Gasteiger partial charge in [-0.25, -0.2) is 8.78 Å². The van der Waals surface area contributed by atoms with Crippen LogP contribution in [0.25, 0.3) is 22.0 Å². The average molecular weight is 495 g/mol.